The van der Waals surface area contributed by atoms with E-state index in [1.165, 1.54) is 12.8 Å². The molecular formula is C13H18N6O. The molecule has 1 N–H and O–H groups in total. The molecule has 20 heavy (non-hydrogen) atoms. The third-order valence-electron chi connectivity index (χ3n) is 3.92. The molecular weight excluding hydrogens is 256 g/mol. The number of nitrogens with zero attached hydrogens (tertiary/aromatic N) is 5. The van der Waals surface area contributed by atoms with Gasteiger partial charge < -0.3 is 15.0 Å². The molecule has 1 aliphatic heterocycles. The largest absolute Gasteiger partial charge is 0.377 e. The molecule has 4 rings (SSSR count). The van der Waals surface area contributed by atoms with Gasteiger partial charge in [-0.2, -0.15) is 0 Å². The summed E-state index contributed by atoms with van der Waals surface area (Å²) in [4.78, 5) is 6.81. The van der Waals surface area contributed by atoms with Crippen molar-refractivity contribution in [3.63, 3.8) is 0 Å². The van der Waals surface area contributed by atoms with E-state index in [4.69, 9.17) is 4.74 Å². The number of anilines is 1. The Bertz CT molecular complexity index is 595. The van der Waals surface area contributed by atoms with Crippen molar-refractivity contribution < 1.29 is 4.74 Å². The molecule has 2 aliphatic rings. The third kappa shape index (κ3) is 2.23. The molecule has 0 aromatic carbocycles. The highest BCUT2D eigenvalue weighted by molar-refractivity contribution is 5.64. The Morgan fingerprint density at radius 2 is 2.35 bits per heavy atom. The van der Waals surface area contributed by atoms with Crippen molar-refractivity contribution in [2.45, 2.75) is 24.9 Å². The minimum absolute atomic E-state index is 0.305. The Morgan fingerprint density at radius 3 is 3.25 bits per heavy atom. The summed E-state index contributed by atoms with van der Waals surface area (Å²) in [5, 5.41) is 11.7. The smallest absolute Gasteiger partial charge is 0.203 e. The molecule has 2 fully saturated rings. The highest BCUT2D eigenvalue weighted by Gasteiger charge is 2.29. The lowest BCUT2D eigenvalue weighted by atomic mass is 10.2. The predicted octanol–water partition coefficient (Wildman–Crippen LogP) is 0.0815. The van der Waals surface area contributed by atoms with Crippen molar-refractivity contribution in [2.24, 2.45) is 0 Å². The summed E-state index contributed by atoms with van der Waals surface area (Å²) in [6.07, 6.45) is 7.97. The van der Waals surface area contributed by atoms with Gasteiger partial charge in [0, 0.05) is 31.5 Å². The van der Waals surface area contributed by atoms with Gasteiger partial charge in [0.25, 0.3) is 0 Å². The molecule has 1 atom stereocenters. The second-order valence-corrected chi connectivity index (χ2v) is 5.42. The summed E-state index contributed by atoms with van der Waals surface area (Å²) in [6, 6.07) is 1.01. The van der Waals surface area contributed by atoms with Crippen molar-refractivity contribution in [3.8, 4) is 0 Å². The Labute approximate surface area is 117 Å². The topological polar surface area (TPSA) is 67.6 Å². The van der Waals surface area contributed by atoms with Crippen LogP contribution in [0.25, 0.3) is 5.65 Å². The van der Waals surface area contributed by atoms with Gasteiger partial charge in [0.05, 0.1) is 19.3 Å². The van der Waals surface area contributed by atoms with Gasteiger partial charge in [-0.05, 0) is 12.8 Å². The fourth-order valence-electron chi connectivity index (χ4n) is 2.64. The van der Waals surface area contributed by atoms with Gasteiger partial charge in [0.15, 0.2) is 5.82 Å². The summed E-state index contributed by atoms with van der Waals surface area (Å²) in [6.45, 7) is 3.24. The van der Waals surface area contributed by atoms with Crippen molar-refractivity contribution in [3.05, 3.63) is 18.7 Å². The summed E-state index contributed by atoms with van der Waals surface area (Å²) < 4.78 is 7.53. The van der Waals surface area contributed by atoms with E-state index in [1.807, 2.05) is 10.6 Å². The van der Waals surface area contributed by atoms with E-state index in [0.717, 1.165) is 37.8 Å². The van der Waals surface area contributed by atoms with E-state index in [0.29, 0.717) is 12.1 Å². The van der Waals surface area contributed by atoms with E-state index in [9.17, 15) is 0 Å². The van der Waals surface area contributed by atoms with Crippen LogP contribution in [0, 0.1) is 0 Å². The number of rotatable bonds is 4. The van der Waals surface area contributed by atoms with Crippen molar-refractivity contribution in [1.29, 1.82) is 0 Å². The van der Waals surface area contributed by atoms with Crippen LogP contribution in [-0.4, -0.2) is 58.0 Å². The average molecular weight is 274 g/mol. The first-order valence-corrected chi connectivity index (χ1v) is 7.14. The monoisotopic (exact) mass is 274 g/mol. The maximum absolute atomic E-state index is 5.63. The highest BCUT2D eigenvalue weighted by atomic mass is 16.5. The Balaban J connectivity index is 1.61. The molecule has 0 bridgehead atoms. The van der Waals surface area contributed by atoms with E-state index < -0.39 is 0 Å². The summed E-state index contributed by atoms with van der Waals surface area (Å²) in [7, 11) is 0. The van der Waals surface area contributed by atoms with E-state index >= 15 is 0 Å². The van der Waals surface area contributed by atoms with Gasteiger partial charge in [-0.3, -0.25) is 4.40 Å². The molecule has 1 aliphatic carbocycles. The Kier molecular flexibility index (Phi) is 3.00. The lowest BCUT2D eigenvalue weighted by Gasteiger charge is -2.36. The summed E-state index contributed by atoms with van der Waals surface area (Å²) >= 11 is 0. The van der Waals surface area contributed by atoms with Gasteiger partial charge in [0.2, 0.25) is 5.65 Å². The van der Waals surface area contributed by atoms with E-state index in [2.05, 4.69) is 25.4 Å². The van der Waals surface area contributed by atoms with Crippen LogP contribution in [0.5, 0.6) is 0 Å². The van der Waals surface area contributed by atoms with Crippen LogP contribution in [0.1, 0.15) is 12.8 Å². The van der Waals surface area contributed by atoms with Crippen LogP contribution in [0.4, 0.5) is 5.82 Å². The highest BCUT2D eigenvalue weighted by Crippen LogP contribution is 2.22. The zero-order chi connectivity index (χ0) is 13.4. The molecule has 1 unspecified atom stereocenters. The first kappa shape index (κ1) is 12.0. The van der Waals surface area contributed by atoms with Crippen molar-refractivity contribution in [1.82, 2.24) is 24.9 Å². The predicted molar refractivity (Wildman–Crippen MR) is 73.8 cm³/mol. The minimum atomic E-state index is 0.305. The molecule has 7 nitrogen and oxygen atoms in total. The quantitative estimate of drug-likeness (QED) is 0.852. The molecule has 2 aromatic rings. The van der Waals surface area contributed by atoms with Crippen molar-refractivity contribution >= 4 is 11.5 Å². The maximum atomic E-state index is 5.63. The van der Waals surface area contributed by atoms with Gasteiger partial charge in [0.1, 0.15) is 6.33 Å². The number of hydrogen-bond donors (Lipinski definition) is 1. The fourth-order valence-corrected chi connectivity index (χ4v) is 2.64. The van der Waals surface area contributed by atoms with E-state index in [-0.39, 0.29) is 0 Å². The Hall–Kier alpha value is -1.73. The van der Waals surface area contributed by atoms with Crippen LogP contribution in [0.2, 0.25) is 0 Å². The molecule has 0 radical (unpaired) electrons. The number of nitrogens with one attached hydrogen (secondary N) is 1. The maximum Gasteiger partial charge on any atom is 0.203 e. The van der Waals surface area contributed by atoms with Crippen LogP contribution < -0.4 is 10.2 Å². The van der Waals surface area contributed by atoms with Crippen LogP contribution >= 0.6 is 0 Å². The lowest BCUT2D eigenvalue weighted by molar-refractivity contribution is 0.0933. The number of aromatic nitrogens is 4. The molecule has 1 saturated heterocycles. The van der Waals surface area contributed by atoms with Gasteiger partial charge >= 0.3 is 0 Å². The third-order valence-corrected chi connectivity index (χ3v) is 3.92. The average Bonchev–Trinajstić information content (AvgIpc) is 3.20. The number of fused-ring (bicyclic) bond motifs is 1. The molecule has 3 heterocycles. The number of morpholine rings is 1. The van der Waals surface area contributed by atoms with Gasteiger partial charge in [-0.1, -0.05) is 0 Å². The Morgan fingerprint density at radius 1 is 1.40 bits per heavy atom. The van der Waals surface area contributed by atoms with Gasteiger partial charge in [-0.15, -0.1) is 10.2 Å². The van der Waals surface area contributed by atoms with Gasteiger partial charge in [-0.25, -0.2) is 4.98 Å². The summed E-state index contributed by atoms with van der Waals surface area (Å²) in [5.74, 6) is 0.899. The second-order valence-electron chi connectivity index (χ2n) is 5.42. The molecule has 7 heteroatoms. The number of ether oxygens (including phenoxy) is 1. The molecule has 1 saturated carbocycles. The summed E-state index contributed by atoms with van der Waals surface area (Å²) in [5.41, 5.74) is 0.811. The zero-order valence-corrected chi connectivity index (χ0v) is 11.3. The fraction of sp³-hybridized carbons (Fsp3) is 0.615. The normalized spacial score (nSPS) is 23.4. The van der Waals surface area contributed by atoms with Crippen LogP contribution in [0.15, 0.2) is 18.7 Å². The minimum Gasteiger partial charge on any atom is -0.377 e. The second kappa shape index (κ2) is 4.99. The standard InChI is InChI=1S/C13H18N6O/c1-2-10(1)15-7-11-8-20-6-5-19(11)12-13-17-16-9-18(13)4-3-14-12/h3-4,9-11,15H,1-2,5-8H2. The van der Waals surface area contributed by atoms with Crippen molar-refractivity contribution in [2.75, 3.05) is 31.2 Å². The van der Waals surface area contributed by atoms with Crippen LogP contribution in [-0.2, 0) is 4.74 Å². The van der Waals surface area contributed by atoms with Crippen LogP contribution in [0.3, 0.4) is 0 Å². The SMILES string of the molecule is c1cn2cnnc2c(N2CCOCC2CNC2CC2)n1. The molecule has 106 valence electrons. The number of hydrogen-bond acceptors (Lipinski definition) is 6. The first-order valence-electron chi connectivity index (χ1n) is 7.14. The van der Waals surface area contributed by atoms with E-state index in [1.54, 1.807) is 12.5 Å². The molecule has 2 aromatic heterocycles. The lowest BCUT2D eigenvalue weighted by Crippen LogP contribution is -2.51. The molecule has 0 spiro atoms. The molecule has 0 amide bonds. The first-order chi connectivity index (χ1) is 9.92. The zero-order valence-electron chi connectivity index (χ0n) is 11.3.